The standard InChI is InChI=1S/C24H24N2O5S/c1-16(27)25-14-4-5-17-8-10-18(11-9-17)20(28)15-31-23(30)24-13-12-22(29)26(24)19-6-2-3-7-21(19)32-24/h2-3,6-11H,4-5,12-15H2,1H3,(H,25,27)/t24-/m1/s1. The Morgan fingerprint density at radius 3 is 2.62 bits per heavy atom. The number of rotatable bonds is 8. The first-order valence-electron chi connectivity index (χ1n) is 10.6. The van der Waals surface area contributed by atoms with Gasteiger partial charge in [-0.3, -0.25) is 19.3 Å². The highest BCUT2D eigenvalue weighted by Gasteiger charge is 2.58. The molecule has 2 heterocycles. The van der Waals surface area contributed by atoms with Gasteiger partial charge in [-0.05, 0) is 30.5 Å². The summed E-state index contributed by atoms with van der Waals surface area (Å²) in [5.74, 6) is -1.02. The highest BCUT2D eigenvalue weighted by Crippen LogP contribution is 2.56. The van der Waals surface area contributed by atoms with E-state index in [0.29, 0.717) is 18.5 Å². The van der Waals surface area contributed by atoms with Gasteiger partial charge >= 0.3 is 5.97 Å². The normalized spacial score (nSPS) is 18.8. The molecule has 0 spiro atoms. The van der Waals surface area contributed by atoms with Gasteiger partial charge in [-0.2, -0.15) is 0 Å². The number of Topliss-reactive ketones (excluding diaryl/α,β-unsaturated/α-hetero) is 1. The van der Waals surface area contributed by atoms with E-state index in [-0.39, 0.29) is 30.6 Å². The van der Waals surface area contributed by atoms with E-state index in [0.717, 1.165) is 29.0 Å². The Balaban J connectivity index is 1.35. The molecule has 0 bridgehead atoms. The number of nitrogens with one attached hydrogen (secondary N) is 1. The van der Waals surface area contributed by atoms with Crippen molar-refractivity contribution in [1.82, 2.24) is 5.32 Å². The lowest BCUT2D eigenvalue weighted by atomic mass is 10.1. The summed E-state index contributed by atoms with van der Waals surface area (Å²) in [5, 5.41) is 2.75. The van der Waals surface area contributed by atoms with Crippen LogP contribution in [0.15, 0.2) is 53.4 Å². The van der Waals surface area contributed by atoms with Crippen LogP contribution < -0.4 is 10.2 Å². The van der Waals surface area contributed by atoms with E-state index in [1.54, 1.807) is 12.1 Å². The molecule has 0 aliphatic carbocycles. The van der Waals surface area contributed by atoms with Crippen molar-refractivity contribution in [2.24, 2.45) is 0 Å². The molecule has 7 nitrogen and oxygen atoms in total. The number of hydrogen-bond donors (Lipinski definition) is 1. The monoisotopic (exact) mass is 452 g/mol. The second-order valence-corrected chi connectivity index (χ2v) is 9.19. The Morgan fingerprint density at radius 2 is 1.88 bits per heavy atom. The minimum Gasteiger partial charge on any atom is -0.455 e. The van der Waals surface area contributed by atoms with Crippen molar-refractivity contribution in [3.05, 3.63) is 59.7 Å². The number of benzene rings is 2. The van der Waals surface area contributed by atoms with Gasteiger partial charge in [-0.1, -0.05) is 48.2 Å². The number of amides is 2. The first-order chi connectivity index (χ1) is 15.4. The maximum Gasteiger partial charge on any atom is 0.343 e. The van der Waals surface area contributed by atoms with Crippen LogP contribution in [0, 0.1) is 0 Å². The van der Waals surface area contributed by atoms with Crippen molar-refractivity contribution in [3.63, 3.8) is 0 Å². The fraction of sp³-hybridized carbons (Fsp3) is 0.333. The number of ketones is 1. The number of aryl methyl sites for hydroxylation is 1. The number of carbonyl (C=O) groups excluding carboxylic acids is 4. The molecular weight excluding hydrogens is 428 g/mol. The summed E-state index contributed by atoms with van der Waals surface area (Å²) in [4.78, 5) is 50.2. The van der Waals surface area contributed by atoms with Crippen molar-refractivity contribution in [3.8, 4) is 0 Å². The van der Waals surface area contributed by atoms with Gasteiger partial charge in [0.1, 0.15) is 0 Å². The number of carbonyl (C=O) groups is 4. The highest BCUT2D eigenvalue weighted by molar-refractivity contribution is 8.02. The summed E-state index contributed by atoms with van der Waals surface area (Å²) in [7, 11) is 0. The van der Waals surface area contributed by atoms with Crippen molar-refractivity contribution in [2.45, 2.75) is 42.4 Å². The fourth-order valence-electron chi connectivity index (χ4n) is 4.01. The molecular formula is C24H24N2O5S. The van der Waals surface area contributed by atoms with Gasteiger partial charge in [0.2, 0.25) is 11.8 Å². The van der Waals surface area contributed by atoms with Gasteiger partial charge in [-0.25, -0.2) is 4.79 Å². The third-order valence-corrected chi connectivity index (χ3v) is 7.07. The van der Waals surface area contributed by atoms with Gasteiger partial charge < -0.3 is 10.1 Å². The lowest BCUT2D eigenvalue weighted by molar-refractivity contribution is -0.145. The SMILES string of the molecule is CC(=O)NCCCc1ccc(C(=O)COC(=O)[C@]23CCC(=O)N2c2ccccc2S3)cc1. The van der Waals surface area contributed by atoms with Crippen LogP contribution in [0.2, 0.25) is 0 Å². The predicted molar refractivity (Wildman–Crippen MR) is 120 cm³/mol. The van der Waals surface area contributed by atoms with E-state index in [4.69, 9.17) is 4.74 Å². The minimum absolute atomic E-state index is 0.0509. The largest absolute Gasteiger partial charge is 0.455 e. The van der Waals surface area contributed by atoms with E-state index in [9.17, 15) is 19.2 Å². The molecule has 0 aromatic heterocycles. The molecule has 1 fully saturated rings. The van der Waals surface area contributed by atoms with Gasteiger partial charge in [0.05, 0.1) is 5.69 Å². The molecule has 0 unspecified atom stereocenters. The molecule has 1 atom stereocenters. The van der Waals surface area contributed by atoms with Crippen LogP contribution in [0.5, 0.6) is 0 Å². The van der Waals surface area contributed by atoms with E-state index in [2.05, 4.69) is 5.32 Å². The first-order valence-corrected chi connectivity index (χ1v) is 11.4. The molecule has 2 aliphatic heterocycles. The Labute approximate surface area is 190 Å². The third-order valence-electron chi connectivity index (χ3n) is 5.62. The first kappa shape index (κ1) is 22.1. The summed E-state index contributed by atoms with van der Waals surface area (Å²) < 4.78 is 5.42. The fourth-order valence-corrected chi connectivity index (χ4v) is 5.43. The molecule has 166 valence electrons. The number of thioether (sulfide) groups is 1. The number of nitrogens with zero attached hydrogens (tertiary/aromatic N) is 1. The second-order valence-electron chi connectivity index (χ2n) is 7.87. The number of fused-ring (bicyclic) bond motifs is 3. The van der Waals surface area contributed by atoms with E-state index >= 15 is 0 Å². The second kappa shape index (κ2) is 9.16. The quantitative estimate of drug-likeness (QED) is 0.376. The average Bonchev–Trinajstić information content (AvgIpc) is 3.30. The summed E-state index contributed by atoms with van der Waals surface area (Å²) in [6.07, 6.45) is 2.22. The molecule has 1 N–H and O–H groups in total. The summed E-state index contributed by atoms with van der Waals surface area (Å²) in [6.45, 7) is 1.72. The van der Waals surface area contributed by atoms with Crippen LogP contribution in [-0.2, 0) is 25.5 Å². The van der Waals surface area contributed by atoms with Crippen molar-refractivity contribution < 1.29 is 23.9 Å². The van der Waals surface area contributed by atoms with Crippen LogP contribution in [0.3, 0.4) is 0 Å². The average molecular weight is 453 g/mol. The minimum atomic E-state index is -1.13. The number of ether oxygens (including phenoxy) is 1. The maximum absolute atomic E-state index is 13.0. The van der Waals surface area contributed by atoms with Crippen molar-refractivity contribution in [1.29, 1.82) is 0 Å². The zero-order chi connectivity index (χ0) is 22.7. The van der Waals surface area contributed by atoms with Crippen molar-refractivity contribution >= 4 is 41.0 Å². The summed E-state index contributed by atoms with van der Waals surface area (Å²) >= 11 is 1.32. The van der Waals surface area contributed by atoms with E-state index in [1.807, 2.05) is 36.4 Å². The Bertz CT molecular complexity index is 1070. The molecule has 0 radical (unpaired) electrons. The van der Waals surface area contributed by atoms with Crippen LogP contribution in [0.4, 0.5) is 5.69 Å². The number of para-hydroxylation sites is 1. The Hall–Kier alpha value is -3.13. The molecule has 2 aromatic rings. The lowest BCUT2D eigenvalue weighted by Crippen LogP contribution is -2.48. The zero-order valence-electron chi connectivity index (χ0n) is 17.8. The number of anilines is 1. The highest BCUT2D eigenvalue weighted by atomic mass is 32.2. The molecule has 2 aromatic carbocycles. The van der Waals surface area contributed by atoms with E-state index in [1.165, 1.54) is 23.6 Å². The molecule has 4 rings (SSSR count). The Kier molecular flexibility index (Phi) is 6.32. The molecule has 2 amide bonds. The summed E-state index contributed by atoms with van der Waals surface area (Å²) in [5.41, 5.74) is 2.24. The molecule has 2 aliphatic rings. The number of hydrogen-bond acceptors (Lipinski definition) is 6. The number of esters is 1. The topological polar surface area (TPSA) is 92.8 Å². The third kappa shape index (κ3) is 4.27. The summed E-state index contributed by atoms with van der Waals surface area (Å²) in [6, 6.07) is 14.6. The smallest absolute Gasteiger partial charge is 0.343 e. The maximum atomic E-state index is 13.0. The Morgan fingerprint density at radius 1 is 1.12 bits per heavy atom. The van der Waals surface area contributed by atoms with Crippen LogP contribution in [-0.4, -0.2) is 41.6 Å². The van der Waals surface area contributed by atoms with Gasteiger partial charge in [0, 0.05) is 36.8 Å². The van der Waals surface area contributed by atoms with Crippen LogP contribution in [0.1, 0.15) is 42.1 Å². The molecule has 1 saturated heterocycles. The molecule has 8 heteroatoms. The van der Waals surface area contributed by atoms with Crippen LogP contribution >= 0.6 is 11.8 Å². The van der Waals surface area contributed by atoms with Crippen molar-refractivity contribution in [2.75, 3.05) is 18.1 Å². The van der Waals surface area contributed by atoms with Gasteiger partial charge in [-0.15, -0.1) is 0 Å². The van der Waals surface area contributed by atoms with E-state index < -0.39 is 10.8 Å². The predicted octanol–water partition coefficient (Wildman–Crippen LogP) is 3.11. The van der Waals surface area contributed by atoms with Gasteiger partial charge in [0.15, 0.2) is 17.3 Å². The van der Waals surface area contributed by atoms with Crippen LogP contribution in [0.25, 0.3) is 0 Å². The van der Waals surface area contributed by atoms with Gasteiger partial charge in [0.25, 0.3) is 0 Å². The lowest BCUT2D eigenvalue weighted by Gasteiger charge is -2.28. The molecule has 32 heavy (non-hydrogen) atoms. The molecule has 0 saturated carbocycles. The zero-order valence-corrected chi connectivity index (χ0v) is 18.6.